The molecule has 0 saturated carbocycles. The molecule has 2 heterocycles. The molecule has 0 amide bonds. The molecule has 2 aromatic heterocycles. The van der Waals surface area contributed by atoms with Crippen LogP contribution in [0.25, 0.3) is 10.4 Å². The van der Waals surface area contributed by atoms with E-state index in [1.165, 1.54) is 0 Å². The minimum atomic E-state index is 0. The van der Waals surface area contributed by atoms with Crippen molar-refractivity contribution in [3.63, 3.8) is 0 Å². The number of fused-ring (bicyclic) bond motifs is 1. The zero-order valence-corrected chi connectivity index (χ0v) is 8.32. The molecule has 2 rings (SSSR count). The number of hydrogen-bond acceptors (Lipinski definition) is 3. The number of furan rings is 1. The molecular formula is C6H5NOPtS. The molecule has 56 valence electrons. The van der Waals surface area contributed by atoms with E-state index in [9.17, 15) is 0 Å². The van der Waals surface area contributed by atoms with Gasteiger partial charge in [0.2, 0.25) is 5.71 Å². The molecule has 0 aliphatic rings. The predicted molar refractivity (Wildman–Crippen MR) is 36.6 cm³/mol. The van der Waals surface area contributed by atoms with Gasteiger partial charge in [-0.15, -0.1) is 11.3 Å². The van der Waals surface area contributed by atoms with Crippen LogP contribution in [0.2, 0.25) is 0 Å². The van der Waals surface area contributed by atoms with Crippen molar-refractivity contribution in [2.45, 2.75) is 6.92 Å². The maximum Gasteiger partial charge on any atom is 0.237 e. The molecule has 0 unspecified atom stereocenters. The van der Waals surface area contributed by atoms with Gasteiger partial charge in [-0.25, -0.2) is 4.98 Å². The summed E-state index contributed by atoms with van der Waals surface area (Å²) in [5.41, 5.74) is 0.762. The van der Waals surface area contributed by atoms with Crippen LogP contribution in [0.3, 0.4) is 0 Å². The second-order valence-electron chi connectivity index (χ2n) is 1.82. The van der Waals surface area contributed by atoms with Crippen molar-refractivity contribution < 1.29 is 25.5 Å². The van der Waals surface area contributed by atoms with E-state index in [1.54, 1.807) is 17.6 Å². The SMILES string of the molecule is Cc1nc2occc2s1.[Pt]. The molecule has 10 heavy (non-hydrogen) atoms. The van der Waals surface area contributed by atoms with Crippen molar-refractivity contribution in [2.75, 3.05) is 0 Å². The number of rotatable bonds is 0. The normalized spacial score (nSPS) is 9.70. The van der Waals surface area contributed by atoms with E-state index in [1.807, 2.05) is 13.0 Å². The third-order valence-electron chi connectivity index (χ3n) is 1.13. The van der Waals surface area contributed by atoms with Gasteiger partial charge in [-0.05, 0) is 13.0 Å². The van der Waals surface area contributed by atoms with Crippen LogP contribution in [0.5, 0.6) is 0 Å². The average molecular weight is 334 g/mol. The summed E-state index contributed by atoms with van der Waals surface area (Å²) in [4.78, 5) is 4.12. The summed E-state index contributed by atoms with van der Waals surface area (Å²) < 4.78 is 6.17. The molecule has 4 heteroatoms. The average Bonchev–Trinajstić information content (AvgIpc) is 2.22. The molecule has 0 aliphatic carbocycles. The molecule has 0 fully saturated rings. The largest absolute Gasteiger partial charge is 0.445 e. The monoisotopic (exact) mass is 334 g/mol. The van der Waals surface area contributed by atoms with Gasteiger partial charge in [-0.2, -0.15) is 0 Å². The first kappa shape index (κ1) is 7.96. The van der Waals surface area contributed by atoms with Gasteiger partial charge in [0.15, 0.2) is 0 Å². The fourth-order valence-electron chi connectivity index (χ4n) is 0.774. The van der Waals surface area contributed by atoms with Crippen molar-refractivity contribution in [1.82, 2.24) is 4.98 Å². The van der Waals surface area contributed by atoms with Crippen molar-refractivity contribution in [1.29, 1.82) is 0 Å². The van der Waals surface area contributed by atoms with Crippen LogP contribution in [0, 0.1) is 6.92 Å². The molecule has 0 spiro atoms. The van der Waals surface area contributed by atoms with E-state index in [0.717, 1.165) is 15.4 Å². The van der Waals surface area contributed by atoms with E-state index in [2.05, 4.69) is 4.98 Å². The van der Waals surface area contributed by atoms with E-state index in [4.69, 9.17) is 4.42 Å². The van der Waals surface area contributed by atoms with E-state index in [0.29, 0.717) is 0 Å². The Labute approximate surface area is 76.5 Å². The first-order chi connectivity index (χ1) is 4.36. The van der Waals surface area contributed by atoms with Crippen molar-refractivity contribution in [3.05, 3.63) is 17.3 Å². The first-order valence-electron chi connectivity index (χ1n) is 2.67. The summed E-state index contributed by atoms with van der Waals surface area (Å²) in [5.74, 6) is 0. The molecule has 0 saturated heterocycles. The minimum absolute atomic E-state index is 0. The first-order valence-corrected chi connectivity index (χ1v) is 3.48. The quantitative estimate of drug-likeness (QED) is 0.738. The second kappa shape index (κ2) is 2.85. The Bertz CT molecular complexity index is 298. The van der Waals surface area contributed by atoms with Gasteiger partial charge >= 0.3 is 0 Å². The topological polar surface area (TPSA) is 26.0 Å². The van der Waals surface area contributed by atoms with Crippen LogP contribution in [0.15, 0.2) is 16.7 Å². The number of aryl methyl sites for hydroxylation is 1. The summed E-state index contributed by atoms with van der Waals surface area (Å²) in [7, 11) is 0. The smallest absolute Gasteiger partial charge is 0.237 e. The Morgan fingerprint density at radius 1 is 1.60 bits per heavy atom. The number of thiazole rings is 1. The maximum absolute atomic E-state index is 5.04. The van der Waals surface area contributed by atoms with Gasteiger partial charge in [0, 0.05) is 21.1 Å². The maximum atomic E-state index is 5.04. The van der Waals surface area contributed by atoms with Crippen molar-refractivity contribution in [3.8, 4) is 0 Å². The summed E-state index contributed by atoms with van der Waals surface area (Å²) in [6, 6.07) is 1.93. The number of aromatic nitrogens is 1. The zero-order chi connectivity index (χ0) is 6.27. The Balaban J connectivity index is 0.000000500. The molecule has 0 atom stereocenters. The van der Waals surface area contributed by atoms with E-state index < -0.39 is 0 Å². The Morgan fingerprint density at radius 2 is 2.40 bits per heavy atom. The summed E-state index contributed by atoms with van der Waals surface area (Å²) in [6.07, 6.45) is 1.66. The van der Waals surface area contributed by atoms with Crippen molar-refractivity contribution in [2.24, 2.45) is 0 Å². The van der Waals surface area contributed by atoms with Gasteiger partial charge in [0.05, 0.1) is 16.0 Å². The predicted octanol–water partition coefficient (Wildman–Crippen LogP) is 2.20. The van der Waals surface area contributed by atoms with Gasteiger partial charge in [0.1, 0.15) is 0 Å². The second-order valence-corrected chi connectivity index (χ2v) is 3.06. The van der Waals surface area contributed by atoms with Crippen LogP contribution < -0.4 is 0 Å². The van der Waals surface area contributed by atoms with E-state index >= 15 is 0 Å². The van der Waals surface area contributed by atoms with Gasteiger partial charge < -0.3 is 4.42 Å². The van der Waals surface area contributed by atoms with Crippen LogP contribution >= 0.6 is 11.3 Å². The number of hydrogen-bond donors (Lipinski definition) is 0. The molecule has 0 aromatic carbocycles. The standard InChI is InChI=1S/C6H5NOS.Pt/c1-4-7-6-5(9-4)2-3-8-6;/h2-3H,1H3;. The molecule has 2 nitrogen and oxygen atoms in total. The third-order valence-corrected chi connectivity index (χ3v) is 2.04. The van der Waals surface area contributed by atoms with E-state index in [-0.39, 0.29) is 21.1 Å². The van der Waals surface area contributed by atoms with Crippen molar-refractivity contribution >= 4 is 21.8 Å². The molecule has 0 radical (unpaired) electrons. The Hall–Kier alpha value is -0.142. The fourth-order valence-corrected chi connectivity index (χ4v) is 1.53. The van der Waals surface area contributed by atoms with Gasteiger partial charge in [-0.3, -0.25) is 0 Å². The van der Waals surface area contributed by atoms with Gasteiger partial charge in [0.25, 0.3) is 0 Å². The van der Waals surface area contributed by atoms with Crippen LogP contribution in [-0.2, 0) is 21.1 Å². The minimum Gasteiger partial charge on any atom is -0.445 e. The van der Waals surface area contributed by atoms with Gasteiger partial charge in [-0.1, -0.05) is 0 Å². The third kappa shape index (κ3) is 1.16. The summed E-state index contributed by atoms with van der Waals surface area (Å²) >= 11 is 1.65. The molecule has 2 aromatic rings. The van der Waals surface area contributed by atoms with Crippen LogP contribution in [0.1, 0.15) is 5.01 Å². The Morgan fingerprint density at radius 3 is 3.10 bits per heavy atom. The fraction of sp³-hybridized carbons (Fsp3) is 0.167. The van der Waals surface area contributed by atoms with Crippen LogP contribution in [0.4, 0.5) is 0 Å². The molecule has 0 N–H and O–H groups in total. The molecular weight excluding hydrogens is 329 g/mol. The molecule has 0 bridgehead atoms. The van der Waals surface area contributed by atoms with Crippen LogP contribution in [-0.4, -0.2) is 4.98 Å². The number of nitrogens with zero attached hydrogens (tertiary/aromatic N) is 1. The summed E-state index contributed by atoms with van der Waals surface area (Å²) in [5, 5.41) is 1.06. The molecule has 0 aliphatic heterocycles. The Kier molecular flexibility index (Phi) is 2.27. The zero-order valence-electron chi connectivity index (χ0n) is 5.23. The summed E-state index contributed by atoms with van der Waals surface area (Å²) in [6.45, 7) is 1.97.